The zero-order valence-corrected chi connectivity index (χ0v) is 26.5. The summed E-state index contributed by atoms with van der Waals surface area (Å²) in [6.07, 6.45) is 3.19. The number of rotatable bonds is 15. The van der Waals surface area contributed by atoms with E-state index in [1.54, 1.807) is 51.1 Å². The Bertz CT molecular complexity index is 1190. The molecule has 0 aliphatic carbocycles. The Balaban J connectivity index is 2.19. The second-order valence-electron chi connectivity index (χ2n) is 12.5. The number of alkyl carbamates (subject to hydrolysis) is 1. The quantitative estimate of drug-likeness (QED) is 0.189. The van der Waals surface area contributed by atoms with Crippen molar-refractivity contribution in [2.24, 2.45) is 17.3 Å². The van der Waals surface area contributed by atoms with Crippen LogP contribution in [0.25, 0.3) is 0 Å². The van der Waals surface area contributed by atoms with Crippen molar-refractivity contribution < 1.29 is 33.5 Å². The number of hydrogen-bond donors (Lipinski definition) is 5. The minimum atomic E-state index is -1.25. The summed E-state index contributed by atoms with van der Waals surface area (Å²) in [7, 11) is 0. The van der Waals surface area contributed by atoms with Crippen molar-refractivity contribution in [3.63, 3.8) is 0 Å². The fraction of sp³-hybridized carbons (Fsp3) is 0.562. The van der Waals surface area contributed by atoms with Crippen molar-refractivity contribution in [3.8, 4) is 0 Å². The number of amides is 5. The Morgan fingerprint density at radius 1 is 1.00 bits per heavy atom. The van der Waals surface area contributed by atoms with Gasteiger partial charge in [-0.1, -0.05) is 71.0 Å². The van der Waals surface area contributed by atoms with Crippen LogP contribution < -0.4 is 26.6 Å². The highest BCUT2D eigenvalue weighted by atomic mass is 16.5. The molecule has 12 nitrogen and oxygen atoms in total. The molecule has 242 valence electrons. The molecule has 1 aliphatic heterocycles. The van der Waals surface area contributed by atoms with Gasteiger partial charge in [-0.3, -0.25) is 24.0 Å². The number of benzene rings is 1. The van der Waals surface area contributed by atoms with Gasteiger partial charge in [-0.25, -0.2) is 4.79 Å². The van der Waals surface area contributed by atoms with Gasteiger partial charge in [-0.2, -0.15) is 0 Å². The average molecular weight is 614 g/mol. The van der Waals surface area contributed by atoms with Crippen LogP contribution in [-0.4, -0.2) is 66.7 Å². The minimum Gasteiger partial charge on any atom is -0.445 e. The Kier molecular flexibility index (Phi) is 14.0. The lowest BCUT2D eigenvalue weighted by Gasteiger charge is -2.27. The number of allylic oxidation sites excluding steroid dienone is 1. The highest BCUT2D eigenvalue weighted by molar-refractivity contribution is 5.92. The Hall–Kier alpha value is -4.22. The number of carbonyl (C=O) groups is 6. The van der Waals surface area contributed by atoms with E-state index in [0.29, 0.717) is 19.4 Å². The zero-order valence-electron chi connectivity index (χ0n) is 26.5. The largest absolute Gasteiger partial charge is 0.445 e. The normalized spacial score (nSPS) is 16.9. The predicted octanol–water partition coefficient (Wildman–Crippen LogP) is 2.13. The highest BCUT2D eigenvalue weighted by Gasteiger charge is 2.32. The van der Waals surface area contributed by atoms with E-state index < -0.39 is 41.4 Å². The summed E-state index contributed by atoms with van der Waals surface area (Å²) < 4.78 is 5.28. The standard InChI is InChI=1S/C32H47N5O7/c1-20(2)16-25(28(40)35-24(13-12-21(3)38)17-23-14-15-33-27(23)39)36-29(41)26(18-34-30(42)32(4,5)6)37-31(43)44-19-22-10-8-7-9-11-22/h7-13,20,23-26H,14-19H2,1-6H3,(H,33,39)(H,34,42)(H,35,40)(H,36,41)(H,37,43)/t23-,24+,25-,26-/m0/s1. The number of hydrogen-bond acceptors (Lipinski definition) is 7. The van der Waals surface area contributed by atoms with Gasteiger partial charge in [0.05, 0.1) is 0 Å². The van der Waals surface area contributed by atoms with Crippen LogP contribution in [0.2, 0.25) is 0 Å². The first-order valence-corrected chi connectivity index (χ1v) is 15.0. The summed E-state index contributed by atoms with van der Waals surface area (Å²) in [4.78, 5) is 76.0. The maximum Gasteiger partial charge on any atom is 0.408 e. The van der Waals surface area contributed by atoms with Gasteiger partial charge < -0.3 is 31.3 Å². The van der Waals surface area contributed by atoms with Crippen molar-refractivity contribution in [2.45, 2.75) is 85.5 Å². The van der Waals surface area contributed by atoms with E-state index in [1.807, 2.05) is 19.9 Å². The molecule has 2 rings (SSSR count). The van der Waals surface area contributed by atoms with Gasteiger partial charge in [0.15, 0.2) is 5.78 Å². The Morgan fingerprint density at radius 2 is 1.66 bits per heavy atom. The number of carbonyl (C=O) groups excluding carboxylic acids is 6. The van der Waals surface area contributed by atoms with Crippen LogP contribution in [0.5, 0.6) is 0 Å². The minimum absolute atomic E-state index is 0.000659. The third kappa shape index (κ3) is 13.0. The third-order valence-corrected chi connectivity index (χ3v) is 6.90. The van der Waals surface area contributed by atoms with Crippen molar-refractivity contribution in [1.29, 1.82) is 0 Å². The number of nitrogens with one attached hydrogen (secondary N) is 5. The maximum absolute atomic E-state index is 13.5. The molecule has 12 heteroatoms. The molecule has 1 heterocycles. The maximum atomic E-state index is 13.5. The number of ether oxygens (including phenoxy) is 1. The van der Waals surface area contributed by atoms with E-state index in [9.17, 15) is 28.8 Å². The molecule has 1 aliphatic rings. The monoisotopic (exact) mass is 613 g/mol. The second-order valence-corrected chi connectivity index (χ2v) is 12.5. The molecule has 1 aromatic carbocycles. The van der Waals surface area contributed by atoms with E-state index >= 15 is 0 Å². The van der Waals surface area contributed by atoms with E-state index in [2.05, 4.69) is 26.6 Å². The molecule has 0 radical (unpaired) electrons. The van der Waals surface area contributed by atoms with Gasteiger partial charge >= 0.3 is 6.09 Å². The van der Waals surface area contributed by atoms with E-state index in [-0.39, 0.29) is 49.0 Å². The van der Waals surface area contributed by atoms with Crippen LogP contribution in [0, 0.1) is 17.3 Å². The van der Waals surface area contributed by atoms with Gasteiger partial charge in [0.1, 0.15) is 18.7 Å². The van der Waals surface area contributed by atoms with Crippen LogP contribution in [-0.2, 0) is 35.3 Å². The third-order valence-electron chi connectivity index (χ3n) is 6.90. The molecule has 1 saturated heterocycles. The van der Waals surface area contributed by atoms with E-state index in [1.165, 1.54) is 13.0 Å². The molecule has 0 saturated carbocycles. The lowest BCUT2D eigenvalue weighted by Crippen LogP contribution is -2.58. The summed E-state index contributed by atoms with van der Waals surface area (Å²) in [5, 5.41) is 13.5. The molecular formula is C32H47N5O7. The Morgan fingerprint density at radius 3 is 2.23 bits per heavy atom. The second kappa shape index (κ2) is 17.2. The van der Waals surface area contributed by atoms with Gasteiger partial charge in [0.25, 0.3) is 0 Å². The van der Waals surface area contributed by atoms with Crippen LogP contribution in [0.3, 0.4) is 0 Å². The molecule has 44 heavy (non-hydrogen) atoms. The summed E-state index contributed by atoms with van der Waals surface area (Å²) in [6.45, 7) is 10.6. The summed E-state index contributed by atoms with van der Waals surface area (Å²) in [5.74, 6) is -2.18. The molecule has 5 amide bonds. The molecule has 0 unspecified atom stereocenters. The first-order valence-electron chi connectivity index (χ1n) is 15.0. The van der Waals surface area contributed by atoms with Crippen molar-refractivity contribution >= 4 is 35.5 Å². The first kappa shape index (κ1) is 36.0. The smallest absolute Gasteiger partial charge is 0.408 e. The van der Waals surface area contributed by atoms with E-state index in [0.717, 1.165) is 5.56 Å². The highest BCUT2D eigenvalue weighted by Crippen LogP contribution is 2.18. The fourth-order valence-corrected chi connectivity index (χ4v) is 4.45. The molecule has 5 N–H and O–H groups in total. The van der Waals surface area contributed by atoms with Crippen molar-refractivity contribution in [3.05, 3.63) is 48.0 Å². The van der Waals surface area contributed by atoms with Gasteiger partial charge in [-0.05, 0) is 43.7 Å². The molecule has 0 bridgehead atoms. The van der Waals surface area contributed by atoms with E-state index in [4.69, 9.17) is 4.74 Å². The molecule has 1 aromatic rings. The summed E-state index contributed by atoms with van der Waals surface area (Å²) in [6, 6.07) is 6.13. The molecular weight excluding hydrogens is 566 g/mol. The molecule has 4 atom stereocenters. The van der Waals surface area contributed by atoms with Gasteiger partial charge in [0.2, 0.25) is 23.6 Å². The Labute approximate surface area is 259 Å². The van der Waals surface area contributed by atoms with Gasteiger partial charge in [0, 0.05) is 30.5 Å². The summed E-state index contributed by atoms with van der Waals surface area (Å²) >= 11 is 0. The lowest BCUT2D eigenvalue weighted by molar-refractivity contribution is -0.131. The number of ketones is 1. The molecule has 0 aromatic heterocycles. The summed E-state index contributed by atoms with van der Waals surface area (Å²) in [5.41, 5.74) is 0.00915. The predicted molar refractivity (Wildman–Crippen MR) is 165 cm³/mol. The first-order chi connectivity index (χ1) is 20.6. The van der Waals surface area contributed by atoms with Crippen LogP contribution >= 0.6 is 0 Å². The van der Waals surface area contributed by atoms with Crippen LogP contribution in [0.1, 0.15) is 66.4 Å². The fourth-order valence-electron chi connectivity index (χ4n) is 4.45. The lowest BCUT2D eigenvalue weighted by atomic mass is 9.95. The van der Waals surface area contributed by atoms with Gasteiger partial charge in [-0.15, -0.1) is 0 Å². The van der Waals surface area contributed by atoms with Crippen molar-refractivity contribution in [1.82, 2.24) is 26.6 Å². The molecule has 0 spiro atoms. The van der Waals surface area contributed by atoms with Crippen LogP contribution in [0.15, 0.2) is 42.5 Å². The zero-order chi connectivity index (χ0) is 32.9. The molecule has 1 fully saturated rings. The van der Waals surface area contributed by atoms with Crippen LogP contribution in [0.4, 0.5) is 4.79 Å². The van der Waals surface area contributed by atoms with Crippen molar-refractivity contribution in [2.75, 3.05) is 13.1 Å². The average Bonchev–Trinajstić information content (AvgIpc) is 3.35. The topological polar surface area (TPSA) is 172 Å². The SMILES string of the molecule is CC(=O)C=C[C@H](C[C@@H]1CCNC1=O)NC(=O)[C@H](CC(C)C)NC(=O)[C@H](CNC(=O)C(C)(C)C)NC(=O)OCc1ccccc1.